The third-order valence-corrected chi connectivity index (χ3v) is 2.95. The summed E-state index contributed by atoms with van der Waals surface area (Å²) in [7, 11) is 0. The third-order valence-electron chi connectivity index (χ3n) is 2.46. The smallest absolute Gasteiger partial charge is 0.166 e. The molecule has 0 bridgehead atoms. The van der Waals surface area contributed by atoms with Crippen molar-refractivity contribution < 1.29 is 13.5 Å². The first-order valence-corrected chi connectivity index (χ1v) is 6.16. The Labute approximate surface area is 117 Å². The second kappa shape index (κ2) is 5.81. The molecular formula is C14H8BrF2NO. The van der Waals surface area contributed by atoms with Crippen LogP contribution in [-0.2, 0) is 6.61 Å². The van der Waals surface area contributed by atoms with Crippen LogP contribution >= 0.6 is 15.9 Å². The summed E-state index contributed by atoms with van der Waals surface area (Å²) >= 11 is 3.13. The molecule has 0 aromatic heterocycles. The van der Waals surface area contributed by atoms with Crippen LogP contribution in [0.25, 0.3) is 0 Å². The van der Waals surface area contributed by atoms with E-state index in [1.54, 1.807) is 6.07 Å². The fraction of sp³-hybridized carbons (Fsp3) is 0.0714. The number of nitrogens with zero attached hydrogens (tertiary/aromatic N) is 1. The first-order valence-electron chi connectivity index (χ1n) is 5.36. The molecule has 19 heavy (non-hydrogen) atoms. The SMILES string of the molecule is N#Cc1ccc(COc2ccc(Br)cc2F)c(F)c1. The van der Waals surface area contributed by atoms with Crippen molar-refractivity contribution in [2.24, 2.45) is 0 Å². The van der Waals surface area contributed by atoms with Gasteiger partial charge in [0.1, 0.15) is 12.4 Å². The molecule has 0 radical (unpaired) electrons. The topological polar surface area (TPSA) is 33.0 Å². The Kier molecular flexibility index (Phi) is 4.13. The predicted octanol–water partition coefficient (Wildman–Crippen LogP) is 4.18. The lowest BCUT2D eigenvalue weighted by molar-refractivity contribution is 0.284. The summed E-state index contributed by atoms with van der Waals surface area (Å²) < 4.78 is 32.9. The Morgan fingerprint density at radius 1 is 1.11 bits per heavy atom. The van der Waals surface area contributed by atoms with Gasteiger partial charge in [0.2, 0.25) is 0 Å². The number of hydrogen-bond donors (Lipinski definition) is 0. The van der Waals surface area contributed by atoms with E-state index in [0.717, 1.165) is 6.07 Å². The average molecular weight is 324 g/mol. The van der Waals surface area contributed by atoms with Crippen molar-refractivity contribution in [2.45, 2.75) is 6.61 Å². The number of ether oxygens (including phenoxy) is 1. The van der Waals surface area contributed by atoms with Crippen LogP contribution in [0.4, 0.5) is 8.78 Å². The predicted molar refractivity (Wildman–Crippen MR) is 69.5 cm³/mol. The quantitative estimate of drug-likeness (QED) is 0.849. The zero-order valence-electron chi connectivity index (χ0n) is 9.66. The molecule has 0 heterocycles. The van der Waals surface area contributed by atoms with Crippen molar-refractivity contribution in [1.29, 1.82) is 5.26 Å². The Balaban J connectivity index is 2.13. The van der Waals surface area contributed by atoms with E-state index in [0.29, 0.717) is 4.47 Å². The molecule has 0 N–H and O–H groups in total. The Morgan fingerprint density at radius 2 is 1.89 bits per heavy atom. The maximum absolute atomic E-state index is 13.6. The summed E-state index contributed by atoms with van der Waals surface area (Å²) in [6.45, 7) is -0.101. The van der Waals surface area contributed by atoms with Gasteiger partial charge in [-0.05, 0) is 30.3 Å². The number of rotatable bonds is 3. The molecule has 0 amide bonds. The summed E-state index contributed by atoms with van der Waals surface area (Å²) in [6.07, 6.45) is 0. The minimum absolute atomic E-state index is 0.0481. The molecule has 0 unspecified atom stereocenters. The minimum atomic E-state index is -0.545. The fourth-order valence-electron chi connectivity index (χ4n) is 1.48. The monoisotopic (exact) mass is 323 g/mol. The molecule has 5 heteroatoms. The van der Waals surface area contributed by atoms with Gasteiger partial charge < -0.3 is 4.74 Å². The molecule has 0 aliphatic rings. The zero-order chi connectivity index (χ0) is 13.8. The van der Waals surface area contributed by atoms with Gasteiger partial charge in [-0.15, -0.1) is 0 Å². The molecule has 0 aliphatic heterocycles. The van der Waals surface area contributed by atoms with Gasteiger partial charge in [-0.3, -0.25) is 0 Å². The Hall–Kier alpha value is -1.93. The summed E-state index contributed by atoms with van der Waals surface area (Å²) in [5.41, 5.74) is 0.498. The van der Waals surface area contributed by atoms with Gasteiger partial charge in [-0.25, -0.2) is 8.78 Å². The zero-order valence-corrected chi connectivity index (χ0v) is 11.2. The van der Waals surface area contributed by atoms with E-state index < -0.39 is 11.6 Å². The molecule has 96 valence electrons. The first kappa shape index (κ1) is 13.5. The Bertz CT molecular complexity index is 652. The number of benzene rings is 2. The lowest BCUT2D eigenvalue weighted by Crippen LogP contribution is -2.00. The van der Waals surface area contributed by atoms with Gasteiger partial charge in [-0.1, -0.05) is 22.0 Å². The van der Waals surface area contributed by atoms with Crippen LogP contribution in [-0.4, -0.2) is 0 Å². The first-order chi connectivity index (χ1) is 9.10. The molecule has 0 fully saturated rings. The van der Waals surface area contributed by atoms with E-state index in [1.807, 2.05) is 6.07 Å². The van der Waals surface area contributed by atoms with Gasteiger partial charge in [-0.2, -0.15) is 5.26 Å². The van der Waals surface area contributed by atoms with Crippen molar-refractivity contribution in [3.8, 4) is 11.8 Å². The van der Waals surface area contributed by atoms with Gasteiger partial charge in [0, 0.05) is 10.0 Å². The fourth-order valence-corrected chi connectivity index (χ4v) is 1.81. The maximum atomic E-state index is 13.6. The van der Waals surface area contributed by atoms with E-state index in [4.69, 9.17) is 10.00 Å². The summed E-state index contributed by atoms with van der Waals surface area (Å²) in [5, 5.41) is 8.62. The van der Waals surface area contributed by atoms with E-state index in [9.17, 15) is 8.78 Å². The molecule has 0 saturated carbocycles. The van der Waals surface area contributed by atoms with Crippen LogP contribution in [0, 0.1) is 23.0 Å². The van der Waals surface area contributed by atoms with Gasteiger partial charge in [0.05, 0.1) is 11.6 Å². The maximum Gasteiger partial charge on any atom is 0.166 e. The molecule has 2 aromatic carbocycles. The second-order valence-electron chi connectivity index (χ2n) is 3.78. The van der Waals surface area contributed by atoms with Crippen molar-refractivity contribution in [3.05, 3.63) is 63.6 Å². The van der Waals surface area contributed by atoms with E-state index in [-0.39, 0.29) is 23.5 Å². The summed E-state index contributed by atoms with van der Waals surface area (Å²) in [6, 6.07) is 10.3. The highest BCUT2D eigenvalue weighted by molar-refractivity contribution is 9.10. The van der Waals surface area contributed by atoms with Crippen molar-refractivity contribution in [2.75, 3.05) is 0 Å². The van der Waals surface area contributed by atoms with Crippen LogP contribution in [0.15, 0.2) is 40.9 Å². The Morgan fingerprint density at radius 3 is 2.53 bits per heavy atom. The van der Waals surface area contributed by atoms with Crippen molar-refractivity contribution in [3.63, 3.8) is 0 Å². The number of halogens is 3. The number of nitriles is 1. The molecule has 2 nitrogen and oxygen atoms in total. The molecular weight excluding hydrogens is 316 g/mol. The van der Waals surface area contributed by atoms with Crippen LogP contribution < -0.4 is 4.74 Å². The summed E-state index contributed by atoms with van der Waals surface area (Å²) in [4.78, 5) is 0. The van der Waals surface area contributed by atoms with Crippen molar-refractivity contribution in [1.82, 2.24) is 0 Å². The average Bonchev–Trinajstić information content (AvgIpc) is 2.39. The van der Waals surface area contributed by atoms with E-state index >= 15 is 0 Å². The lowest BCUT2D eigenvalue weighted by atomic mass is 10.1. The van der Waals surface area contributed by atoms with E-state index in [2.05, 4.69) is 15.9 Å². The van der Waals surface area contributed by atoms with Crippen LogP contribution in [0.1, 0.15) is 11.1 Å². The highest BCUT2D eigenvalue weighted by atomic mass is 79.9. The molecule has 0 saturated heterocycles. The number of hydrogen-bond acceptors (Lipinski definition) is 2. The summed E-state index contributed by atoms with van der Waals surface area (Å²) in [5.74, 6) is -1.02. The highest BCUT2D eigenvalue weighted by Crippen LogP contribution is 2.22. The van der Waals surface area contributed by atoms with Gasteiger partial charge in [0.15, 0.2) is 11.6 Å². The van der Waals surface area contributed by atoms with E-state index in [1.165, 1.54) is 24.3 Å². The van der Waals surface area contributed by atoms with Gasteiger partial charge >= 0.3 is 0 Å². The normalized spacial score (nSPS) is 10.0. The van der Waals surface area contributed by atoms with Crippen LogP contribution in [0.5, 0.6) is 5.75 Å². The molecule has 0 spiro atoms. The standard InChI is InChI=1S/C14H8BrF2NO/c15-11-3-4-14(13(17)6-11)19-8-10-2-1-9(7-18)5-12(10)16/h1-6H,8H2. The molecule has 2 rings (SSSR count). The van der Waals surface area contributed by atoms with Crippen LogP contribution in [0.3, 0.4) is 0 Å². The molecule has 0 aliphatic carbocycles. The lowest BCUT2D eigenvalue weighted by Gasteiger charge is -2.08. The van der Waals surface area contributed by atoms with Gasteiger partial charge in [0.25, 0.3) is 0 Å². The molecule has 0 atom stereocenters. The molecule has 2 aromatic rings. The highest BCUT2D eigenvalue weighted by Gasteiger charge is 2.07. The second-order valence-corrected chi connectivity index (χ2v) is 4.70. The van der Waals surface area contributed by atoms with Crippen LogP contribution in [0.2, 0.25) is 0 Å². The largest absolute Gasteiger partial charge is 0.486 e. The third kappa shape index (κ3) is 3.30. The minimum Gasteiger partial charge on any atom is -0.486 e. The van der Waals surface area contributed by atoms with Crippen molar-refractivity contribution >= 4 is 15.9 Å².